The maximum Gasteiger partial charge on any atom is 0.0705 e. The first-order valence-electron chi connectivity index (χ1n) is 6.77. The molecule has 0 saturated carbocycles. The summed E-state index contributed by atoms with van der Waals surface area (Å²) in [7, 11) is 0. The monoisotopic (exact) mass is 243 g/mol. The van der Waals surface area contributed by atoms with Crippen molar-refractivity contribution in [1.29, 1.82) is 0 Å². The first kappa shape index (κ1) is 13.0. The molecule has 1 aromatic heterocycles. The van der Waals surface area contributed by atoms with Crippen molar-refractivity contribution in [3.8, 4) is 0 Å². The molecule has 0 bridgehead atoms. The molecule has 2 heteroatoms. The van der Waals surface area contributed by atoms with E-state index in [-0.39, 0.29) is 6.10 Å². The van der Waals surface area contributed by atoms with Gasteiger partial charge in [0.25, 0.3) is 0 Å². The van der Waals surface area contributed by atoms with Gasteiger partial charge in [0.1, 0.15) is 0 Å². The van der Waals surface area contributed by atoms with Crippen LogP contribution in [-0.4, -0.2) is 16.2 Å². The van der Waals surface area contributed by atoms with E-state index >= 15 is 0 Å². The van der Waals surface area contributed by atoms with Crippen molar-refractivity contribution >= 4 is 10.9 Å². The second-order valence-corrected chi connectivity index (χ2v) is 4.84. The first-order chi connectivity index (χ1) is 8.74. The van der Waals surface area contributed by atoms with Crippen LogP contribution in [0.1, 0.15) is 32.4 Å². The predicted molar refractivity (Wildman–Crippen MR) is 75.5 cm³/mol. The van der Waals surface area contributed by atoms with Crippen molar-refractivity contribution in [3.63, 3.8) is 0 Å². The third kappa shape index (κ3) is 2.88. The highest BCUT2D eigenvalue weighted by atomic mass is 16.3. The highest BCUT2D eigenvalue weighted by Gasteiger charge is 2.16. The Morgan fingerprint density at radius 2 is 1.78 bits per heavy atom. The summed E-state index contributed by atoms with van der Waals surface area (Å²) < 4.78 is 0. The van der Waals surface area contributed by atoms with E-state index in [9.17, 15) is 5.11 Å². The zero-order valence-corrected chi connectivity index (χ0v) is 11.1. The molecule has 0 spiro atoms. The molecule has 2 rings (SSSR count). The van der Waals surface area contributed by atoms with Crippen LogP contribution in [0.5, 0.6) is 0 Å². The van der Waals surface area contributed by atoms with Crippen LogP contribution in [0.3, 0.4) is 0 Å². The number of aliphatic hydroxyl groups excluding tert-OH is 1. The Kier molecular flexibility index (Phi) is 4.32. The van der Waals surface area contributed by atoms with E-state index in [0.717, 1.165) is 29.4 Å². The summed E-state index contributed by atoms with van der Waals surface area (Å²) in [5.41, 5.74) is 1.99. The van der Waals surface area contributed by atoms with Crippen LogP contribution in [0.4, 0.5) is 0 Å². The maximum absolute atomic E-state index is 10.2. The second-order valence-electron chi connectivity index (χ2n) is 4.84. The number of pyridine rings is 1. The van der Waals surface area contributed by atoms with Crippen molar-refractivity contribution < 1.29 is 5.11 Å². The average molecular weight is 243 g/mol. The highest BCUT2D eigenvalue weighted by Crippen LogP contribution is 2.18. The minimum atomic E-state index is -0.284. The lowest BCUT2D eigenvalue weighted by atomic mass is 9.93. The molecule has 96 valence electrons. The van der Waals surface area contributed by atoms with Crippen molar-refractivity contribution in [1.82, 2.24) is 4.98 Å². The van der Waals surface area contributed by atoms with Crippen molar-refractivity contribution in [2.75, 3.05) is 0 Å². The summed E-state index contributed by atoms with van der Waals surface area (Å²) >= 11 is 0. The van der Waals surface area contributed by atoms with E-state index in [1.807, 2.05) is 24.3 Å². The van der Waals surface area contributed by atoms with Gasteiger partial charge in [0, 0.05) is 17.5 Å². The summed E-state index contributed by atoms with van der Waals surface area (Å²) in [4.78, 5) is 4.61. The molecule has 1 N–H and O–H groups in total. The Hall–Kier alpha value is -1.41. The van der Waals surface area contributed by atoms with Gasteiger partial charge in [0.15, 0.2) is 0 Å². The van der Waals surface area contributed by atoms with Gasteiger partial charge in [-0.05, 0) is 18.1 Å². The number of fused-ring (bicyclic) bond motifs is 1. The fourth-order valence-corrected chi connectivity index (χ4v) is 2.44. The van der Waals surface area contributed by atoms with Crippen LogP contribution in [0.15, 0.2) is 36.4 Å². The largest absolute Gasteiger partial charge is 0.392 e. The zero-order chi connectivity index (χ0) is 13.0. The molecular weight excluding hydrogens is 222 g/mol. The summed E-state index contributed by atoms with van der Waals surface area (Å²) in [6, 6.07) is 12.2. The smallest absolute Gasteiger partial charge is 0.0705 e. The predicted octanol–water partition coefficient (Wildman–Crippen LogP) is 3.57. The molecule has 18 heavy (non-hydrogen) atoms. The minimum Gasteiger partial charge on any atom is -0.392 e. The molecule has 0 amide bonds. The molecule has 2 nitrogen and oxygen atoms in total. The van der Waals surface area contributed by atoms with Crippen LogP contribution < -0.4 is 0 Å². The number of aromatic nitrogens is 1. The maximum atomic E-state index is 10.2. The Morgan fingerprint density at radius 3 is 2.50 bits per heavy atom. The van der Waals surface area contributed by atoms with Crippen molar-refractivity contribution in [2.24, 2.45) is 5.92 Å². The molecule has 0 aliphatic carbocycles. The lowest BCUT2D eigenvalue weighted by Gasteiger charge is -2.19. The summed E-state index contributed by atoms with van der Waals surface area (Å²) in [5.74, 6) is 0.373. The Morgan fingerprint density at radius 1 is 1.06 bits per heavy atom. The lowest BCUT2D eigenvalue weighted by Crippen LogP contribution is -2.22. The second kappa shape index (κ2) is 5.96. The molecule has 0 aliphatic rings. The number of aliphatic hydroxyl groups is 1. The normalized spacial score (nSPS) is 13.1. The molecule has 0 radical (unpaired) electrons. The van der Waals surface area contributed by atoms with Crippen LogP contribution >= 0.6 is 0 Å². The molecule has 1 unspecified atom stereocenters. The van der Waals surface area contributed by atoms with Gasteiger partial charge < -0.3 is 5.11 Å². The first-order valence-corrected chi connectivity index (χ1v) is 6.77. The molecule has 0 aliphatic heterocycles. The van der Waals surface area contributed by atoms with Crippen LogP contribution in [0.2, 0.25) is 0 Å². The lowest BCUT2D eigenvalue weighted by molar-refractivity contribution is 0.102. The third-order valence-corrected chi connectivity index (χ3v) is 3.67. The van der Waals surface area contributed by atoms with Gasteiger partial charge >= 0.3 is 0 Å². The number of benzene rings is 1. The fourth-order valence-electron chi connectivity index (χ4n) is 2.44. The van der Waals surface area contributed by atoms with Crippen molar-refractivity contribution in [3.05, 3.63) is 42.1 Å². The van der Waals surface area contributed by atoms with E-state index in [1.165, 1.54) is 0 Å². The van der Waals surface area contributed by atoms with E-state index in [4.69, 9.17) is 0 Å². The third-order valence-electron chi connectivity index (χ3n) is 3.67. The number of nitrogens with zero attached hydrogens (tertiary/aromatic N) is 1. The van der Waals surface area contributed by atoms with E-state index in [0.29, 0.717) is 12.3 Å². The summed E-state index contributed by atoms with van der Waals surface area (Å²) in [6.07, 6.45) is 2.40. The van der Waals surface area contributed by atoms with Gasteiger partial charge in [-0.3, -0.25) is 4.98 Å². The van der Waals surface area contributed by atoms with Crippen LogP contribution in [-0.2, 0) is 6.42 Å². The number of para-hydroxylation sites is 1. The average Bonchev–Trinajstić information content (AvgIpc) is 2.40. The number of rotatable bonds is 5. The molecule has 1 heterocycles. The van der Waals surface area contributed by atoms with Gasteiger partial charge in [-0.15, -0.1) is 0 Å². The molecule has 2 aromatic rings. The number of hydrogen-bond donors (Lipinski definition) is 1. The van der Waals surface area contributed by atoms with Crippen LogP contribution in [0.25, 0.3) is 10.9 Å². The summed E-state index contributed by atoms with van der Waals surface area (Å²) in [6.45, 7) is 4.26. The standard InChI is InChI=1S/C16H21NO/c1-3-12(4-2)16(18)11-14-10-9-13-7-5-6-8-15(13)17-14/h5-10,12,16,18H,3-4,11H2,1-2H3. The fraction of sp³-hybridized carbons (Fsp3) is 0.438. The van der Waals surface area contributed by atoms with Gasteiger partial charge in [0.2, 0.25) is 0 Å². The minimum absolute atomic E-state index is 0.284. The Bertz CT molecular complexity index is 505. The topological polar surface area (TPSA) is 33.1 Å². The van der Waals surface area contributed by atoms with Gasteiger partial charge in [-0.25, -0.2) is 0 Å². The van der Waals surface area contributed by atoms with Gasteiger partial charge in [-0.2, -0.15) is 0 Å². The Labute approximate surface area is 109 Å². The zero-order valence-electron chi connectivity index (χ0n) is 11.1. The van der Waals surface area contributed by atoms with E-state index < -0.39 is 0 Å². The molecule has 0 saturated heterocycles. The van der Waals surface area contributed by atoms with E-state index in [2.05, 4.69) is 31.0 Å². The molecular formula is C16H21NO. The molecule has 0 fully saturated rings. The highest BCUT2D eigenvalue weighted by molar-refractivity contribution is 5.78. The van der Waals surface area contributed by atoms with Gasteiger partial charge in [0.05, 0.1) is 11.6 Å². The quantitative estimate of drug-likeness (QED) is 0.870. The molecule has 1 aromatic carbocycles. The Balaban J connectivity index is 2.16. The number of hydrogen-bond acceptors (Lipinski definition) is 2. The van der Waals surface area contributed by atoms with Crippen molar-refractivity contribution in [2.45, 2.75) is 39.2 Å². The SMILES string of the molecule is CCC(CC)C(O)Cc1ccc2ccccc2n1. The van der Waals surface area contributed by atoms with E-state index in [1.54, 1.807) is 0 Å². The summed E-state index contributed by atoms with van der Waals surface area (Å²) in [5, 5.41) is 11.3. The molecule has 1 atom stereocenters. The van der Waals surface area contributed by atoms with Gasteiger partial charge in [-0.1, -0.05) is 51.0 Å². The van der Waals surface area contributed by atoms with Crippen LogP contribution in [0, 0.1) is 5.92 Å².